The molecule has 5 nitrogen and oxygen atoms in total. The number of hydrogen-bond donors (Lipinski definition) is 3. The van der Waals surface area contributed by atoms with Crippen molar-refractivity contribution in [2.24, 2.45) is 5.92 Å². The van der Waals surface area contributed by atoms with Gasteiger partial charge in [0, 0.05) is 12.2 Å². The largest absolute Gasteiger partial charge is 0.340 e. The van der Waals surface area contributed by atoms with Gasteiger partial charge in [-0.05, 0) is 37.2 Å². The van der Waals surface area contributed by atoms with E-state index in [-0.39, 0.29) is 11.8 Å². The molecule has 1 amide bonds. The van der Waals surface area contributed by atoms with Crippen LogP contribution in [0.15, 0.2) is 48.7 Å². The summed E-state index contributed by atoms with van der Waals surface area (Å²) in [6.45, 7) is 1.67. The van der Waals surface area contributed by atoms with Crippen LogP contribution in [0, 0.1) is 5.92 Å². The van der Waals surface area contributed by atoms with Crippen LogP contribution in [0.25, 0.3) is 0 Å². The topological polar surface area (TPSA) is 66.0 Å². The third-order valence-electron chi connectivity index (χ3n) is 3.51. The maximum absolute atomic E-state index is 12.0. The number of nitrogens with zero attached hydrogens (tertiary/aromatic N) is 1. The van der Waals surface area contributed by atoms with Gasteiger partial charge in [0.2, 0.25) is 5.91 Å². The molecule has 1 aliphatic rings. The zero-order valence-electron chi connectivity index (χ0n) is 11.7. The number of para-hydroxylation sites is 1. The highest BCUT2D eigenvalue weighted by Gasteiger charge is 2.22. The Morgan fingerprint density at radius 3 is 2.67 bits per heavy atom. The second-order valence-electron chi connectivity index (χ2n) is 5.10. The fraction of sp³-hybridized carbons (Fsp3) is 0.250. The van der Waals surface area contributed by atoms with Crippen molar-refractivity contribution < 1.29 is 4.79 Å². The van der Waals surface area contributed by atoms with Crippen LogP contribution < -0.4 is 16.0 Å². The molecule has 0 bridgehead atoms. The molecule has 3 N–H and O–H groups in total. The summed E-state index contributed by atoms with van der Waals surface area (Å²) in [6.07, 6.45) is 2.57. The number of amides is 1. The van der Waals surface area contributed by atoms with Gasteiger partial charge in [-0.2, -0.15) is 0 Å². The number of carbonyl (C=O) groups excluding carboxylic acids is 1. The lowest BCUT2D eigenvalue weighted by Crippen LogP contribution is -2.24. The summed E-state index contributed by atoms with van der Waals surface area (Å²) in [5, 5.41) is 9.30. The lowest BCUT2D eigenvalue weighted by atomic mass is 10.1. The van der Waals surface area contributed by atoms with Crippen LogP contribution in [0.3, 0.4) is 0 Å². The van der Waals surface area contributed by atoms with Crippen molar-refractivity contribution in [1.29, 1.82) is 0 Å². The third-order valence-corrected chi connectivity index (χ3v) is 3.51. The molecule has 1 unspecified atom stereocenters. The van der Waals surface area contributed by atoms with Crippen LogP contribution in [0.5, 0.6) is 0 Å². The zero-order chi connectivity index (χ0) is 14.5. The molecule has 1 aromatic carbocycles. The van der Waals surface area contributed by atoms with Crippen LogP contribution in [-0.4, -0.2) is 24.0 Å². The van der Waals surface area contributed by atoms with E-state index in [2.05, 4.69) is 20.9 Å². The van der Waals surface area contributed by atoms with E-state index in [1.165, 1.54) is 0 Å². The van der Waals surface area contributed by atoms with Crippen molar-refractivity contribution >= 4 is 23.1 Å². The van der Waals surface area contributed by atoms with Gasteiger partial charge in [-0.3, -0.25) is 4.79 Å². The number of anilines is 3. The van der Waals surface area contributed by atoms with Crippen molar-refractivity contribution in [2.45, 2.75) is 6.42 Å². The molecular weight excluding hydrogens is 264 g/mol. The predicted molar refractivity (Wildman–Crippen MR) is 83.6 cm³/mol. The first-order chi connectivity index (χ1) is 10.3. The Morgan fingerprint density at radius 1 is 1.14 bits per heavy atom. The standard InChI is InChI=1S/C16H18N4O/c21-16(12-8-9-17-10-12)20-14-6-7-15(18-11-14)19-13-4-2-1-3-5-13/h1-7,11-12,17H,8-10H2,(H,18,19)(H,20,21). The molecule has 0 spiro atoms. The first kappa shape index (κ1) is 13.6. The van der Waals surface area contributed by atoms with Crippen LogP contribution in [-0.2, 0) is 4.79 Å². The number of rotatable bonds is 4. The quantitative estimate of drug-likeness (QED) is 0.805. The maximum atomic E-state index is 12.0. The van der Waals surface area contributed by atoms with Crippen LogP contribution >= 0.6 is 0 Å². The number of aromatic nitrogens is 1. The second-order valence-corrected chi connectivity index (χ2v) is 5.10. The molecular formula is C16H18N4O. The summed E-state index contributed by atoms with van der Waals surface area (Å²) in [7, 11) is 0. The van der Waals surface area contributed by atoms with Gasteiger partial charge in [0.1, 0.15) is 5.82 Å². The number of pyridine rings is 1. The number of nitrogens with one attached hydrogen (secondary N) is 3. The van der Waals surface area contributed by atoms with Gasteiger partial charge >= 0.3 is 0 Å². The lowest BCUT2D eigenvalue weighted by molar-refractivity contribution is -0.119. The Hall–Kier alpha value is -2.40. The summed E-state index contributed by atoms with van der Waals surface area (Å²) < 4.78 is 0. The smallest absolute Gasteiger partial charge is 0.228 e. The van der Waals surface area contributed by atoms with Gasteiger partial charge in [-0.1, -0.05) is 18.2 Å². The van der Waals surface area contributed by atoms with Gasteiger partial charge in [-0.25, -0.2) is 4.98 Å². The molecule has 0 radical (unpaired) electrons. The Morgan fingerprint density at radius 2 is 2.00 bits per heavy atom. The summed E-state index contributed by atoms with van der Waals surface area (Å²) in [5.74, 6) is 0.874. The number of hydrogen-bond acceptors (Lipinski definition) is 4. The normalized spacial score (nSPS) is 17.4. The van der Waals surface area contributed by atoms with E-state index in [9.17, 15) is 4.79 Å². The zero-order valence-corrected chi connectivity index (χ0v) is 11.7. The van der Waals surface area contributed by atoms with Gasteiger partial charge in [0.05, 0.1) is 17.8 Å². The van der Waals surface area contributed by atoms with Crippen molar-refractivity contribution in [2.75, 3.05) is 23.7 Å². The van der Waals surface area contributed by atoms with Crippen molar-refractivity contribution in [1.82, 2.24) is 10.3 Å². The molecule has 1 fully saturated rings. The fourth-order valence-corrected chi connectivity index (χ4v) is 2.33. The Kier molecular flexibility index (Phi) is 4.12. The average Bonchev–Trinajstić information content (AvgIpc) is 3.05. The van der Waals surface area contributed by atoms with Crippen molar-refractivity contribution in [3.63, 3.8) is 0 Å². The Bertz CT molecular complexity index is 591. The summed E-state index contributed by atoms with van der Waals surface area (Å²) in [6, 6.07) is 13.6. The fourth-order valence-electron chi connectivity index (χ4n) is 2.33. The van der Waals surface area contributed by atoms with Crippen LogP contribution in [0.1, 0.15) is 6.42 Å². The molecule has 2 aromatic rings. The van der Waals surface area contributed by atoms with Gasteiger partial charge < -0.3 is 16.0 Å². The minimum absolute atomic E-state index is 0.0607. The molecule has 1 atom stereocenters. The SMILES string of the molecule is O=C(Nc1ccc(Nc2ccccc2)nc1)C1CCNC1. The summed E-state index contributed by atoms with van der Waals surface area (Å²) in [4.78, 5) is 16.3. The van der Waals surface area contributed by atoms with E-state index in [1.807, 2.05) is 42.5 Å². The minimum atomic E-state index is 0.0607. The van der Waals surface area contributed by atoms with Crippen molar-refractivity contribution in [3.8, 4) is 0 Å². The lowest BCUT2D eigenvalue weighted by Gasteiger charge is -2.10. The highest BCUT2D eigenvalue weighted by atomic mass is 16.1. The molecule has 5 heteroatoms. The van der Waals surface area contributed by atoms with E-state index >= 15 is 0 Å². The second kappa shape index (κ2) is 6.37. The first-order valence-electron chi connectivity index (χ1n) is 7.11. The highest BCUT2D eigenvalue weighted by molar-refractivity contribution is 5.92. The van der Waals surface area contributed by atoms with E-state index in [0.29, 0.717) is 0 Å². The molecule has 1 aliphatic heterocycles. The molecule has 3 rings (SSSR count). The predicted octanol–water partition coefficient (Wildman–Crippen LogP) is 2.37. The van der Waals surface area contributed by atoms with E-state index in [4.69, 9.17) is 0 Å². The molecule has 1 aromatic heterocycles. The summed E-state index contributed by atoms with van der Waals surface area (Å²) in [5.41, 5.74) is 1.71. The van der Waals surface area contributed by atoms with Gasteiger partial charge in [0.15, 0.2) is 0 Å². The monoisotopic (exact) mass is 282 g/mol. The van der Waals surface area contributed by atoms with Crippen LogP contribution in [0.2, 0.25) is 0 Å². The first-order valence-corrected chi connectivity index (χ1v) is 7.11. The van der Waals surface area contributed by atoms with Gasteiger partial charge in [0.25, 0.3) is 0 Å². The molecule has 21 heavy (non-hydrogen) atoms. The van der Waals surface area contributed by atoms with E-state index in [1.54, 1.807) is 6.20 Å². The Labute approximate surface area is 123 Å². The highest BCUT2D eigenvalue weighted by Crippen LogP contribution is 2.17. The number of benzene rings is 1. The molecule has 0 saturated carbocycles. The molecule has 108 valence electrons. The van der Waals surface area contributed by atoms with Gasteiger partial charge in [-0.15, -0.1) is 0 Å². The molecule has 0 aliphatic carbocycles. The van der Waals surface area contributed by atoms with E-state index < -0.39 is 0 Å². The molecule has 2 heterocycles. The Balaban J connectivity index is 1.60. The van der Waals surface area contributed by atoms with Crippen molar-refractivity contribution in [3.05, 3.63) is 48.7 Å². The average molecular weight is 282 g/mol. The van der Waals surface area contributed by atoms with Crippen LogP contribution in [0.4, 0.5) is 17.2 Å². The number of carbonyl (C=O) groups is 1. The van der Waals surface area contributed by atoms with E-state index in [0.717, 1.165) is 36.7 Å². The third kappa shape index (κ3) is 3.58. The summed E-state index contributed by atoms with van der Waals surface area (Å²) >= 11 is 0. The molecule has 1 saturated heterocycles. The maximum Gasteiger partial charge on any atom is 0.228 e. The minimum Gasteiger partial charge on any atom is -0.340 e.